The number of likely N-dealkylation sites (N-methyl/N-ethyl adjacent to an activating group) is 1. The minimum Gasteiger partial charge on any atom is -0.508 e. The molecule has 1 fully saturated rings. The van der Waals surface area contributed by atoms with E-state index in [9.17, 15) is 34.8 Å². The summed E-state index contributed by atoms with van der Waals surface area (Å²) < 4.78 is 5.91. The Bertz CT molecular complexity index is 1540. The van der Waals surface area contributed by atoms with Gasteiger partial charge < -0.3 is 30.6 Å². The number of aryl methyl sites for hydroxylation is 1. The average Bonchev–Trinajstić information content (AvgIpc) is 3.33. The monoisotopic (exact) mass is 564 g/mol. The van der Waals surface area contributed by atoms with Crippen molar-refractivity contribution in [2.45, 2.75) is 58.1 Å². The highest BCUT2D eigenvalue weighted by Gasteiger charge is 2.64. The predicted molar refractivity (Wildman–Crippen MR) is 150 cm³/mol. The molecule has 0 aliphatic heterocycles. The fraction of sp³-hybridized carbons (Fsp3) is 0.452. The zero-order valence-electron chi connectivity index (χ0n) is 23.8. The number of Topliss-reactive ketones (excluding diaryl/α,β-unsaturated/α-hetero) is 2. The standard InChI is InChI=1S/C31H36N2O8/c1-30(2,3)10-8-14-9-11-41-26(14)16-6-7-19(34)21-17(16)12-15-13-18-23(33(4)5)25(36)22(29(32)39)28(38)31(18,40)27(37)20(15)24(21)35/h6-7,9,11,15,18,23,34-35,38,40H,8,10,12-13H2,1-5H3,(H2,32,39)/t15-,18-,23-,31-/m0/s1. The van der Waals surface area contributed by atoms with Gasteiger partial charge >= 0.3 is 0 Å². The van der Waals surface area contributed by atoms with E-state index in [1.165, 1.54) is 11.0 Å². The highest BCUT2D eigenvalue weighted by atomic mass is 16.3. The normalized spacial score (nSPS) is 26.3. The van der Waals surface area contributed by atoms with Gasteiger partial charge in [0, 0.05) is 17.1 Å². The summed E-state index contributed by atoms with van der Waals surface area (Å²) in [5.74, 6) is -6.17. The molecule has 1 amide bonds. The Labute approximate surface area is 237 Å². The molecule has 218 valence electrons. The van der Waals surface area contributed by atoms with Crippen molar-refractivity contribution in [1.82, 2.24) is 4.90 Å². The maximum atomic E-state index is 14.0. The Morgan fingerprint density at radius 1 is 1.15 bits per heavy atom. The summed E-state index contributed by atoms with van der Waals surface area (Å²) in [6.45, 7) is 6.45. The number of nitrogens with zero attached hydrogens (tertiary/aromatic N) is 1. The van der Waals surface area contributed by atoms with E-state index in [0.29, 0.717) is 16.9 Å². The first-order chi connectivity index (χ1) is 19.1. The molecule has 41 heavy (non-hydrogen) atoms. The Kier molecular flexibility index (Phi) is 6.70. The van der Waals surface area contributed by atoms with Gasteiger partial charge in [0.05, 0.1) is 17.9 Å². The number of primary amides is 1. The van der Waals surface area contributed by atoms with Crippen LogP contribution in [-0.2, 0) is 27.2 Å². The molecular weight excluding hydrogens is 528 g/mol. The quantitative estimate of drug-likeness (QED) is 0.342. The van der Waals surface area contributed by atoms with Gasteiger partial charge in [-0.05, 0) is 80.4 Å². The van der Waals surface area contributed by atoms with Gasteiger partial charge in [0.1, 0.15) is 28.6 Å². The lowest BCUT2D eigenvalue weighted by Gasteiger charge is -2.50. The number of aliphatic hydroxyl groups excluding tert-OH is 2. The third-order valence-corrected chi connectivity index (χ3v) is 8.74. The zero-order valence-corrected chi connectivity index (χ0v) is 23.8. The van der Waals surface area contributed by atoms with Gasteiger partial charge in [-0.1, -0.05) is 20.8 Å². The number of phenols is 1. The van der Waals surface area contributed by atoms with Gasteiger partial charge in [-0.15, -0.1) is 0 Å². The second-order valence-corrected chi connectivity index (χ2v) is 12.8. The molecule has 1 aromatic carbocycles. The molecule has 6 N–H and O–H groups in total. The number of carbonyl (C=O) groups is 3. The van der Waals surface area contributed by atoms with E-state index in [2.05, 4.69) is 20.8 Å². The number of phenolic OH excluding ortho intramolecular Hbond substituents is 1. The summed E-state index contributed by atoms with van der Waals surface area (Å²) in [6, 6.07) is 3.89. The van der Waals surface area contributed by atoms with Gasteiger partial charge in [-0.25, -0.2) is 0 Å². The van der Waals surface area contributed by atoms with Crippen LogP contribution in [-0.4, -0.2) is 68.5 Å². The van der Waals surface area contributed by atoms with Crippen LogP contribution in [0, 0.1) is 17.3 Å². The van der Waals surface area contributed by atoms with Crippen molar-refractivity contribution in [3.63, 3.8) is 0 Å². The van der Waals surface area contributed by atoms with Gasteiger partial charge in [0.15, 0.2) is 11.4 Å². The second-order valence-electron chi connectivity index (χ2n) is 12.8. The molecule has 0 spiro atoms. The lowest BCUT2D eigenvalue weighted by Crippen LogP contribution is -2.65. The smallest absolute Gasteiger partial charge is 0.255 e. The van der Waals surface area contributed by atoms with Crippen molar-refractivity contribution >= 4 is 23.2 Å². The van der Waals surface area contributed by atoms with E-state index in [4.69, 9.17) is 10.2 Å². The van der Waals surface area contributed by atoms with E-state index >= 15 is 0 Å². The number of aliphatic hydroxyl groups is 3. The molecule has 0 unspecified atom stereocenters. The molecule has 1 heterocycles. The molecular formula is C31H36N2O8. The number of ketones is 2. The Balaban J connectivity index is 1.68. The number of carbonyl (C=O) groups excluding carboxylic acids is 3. The van der Waals surface area contributed by atoms with Crippen LogP contribution < -0.4 is 5.73 Å². The van der Waals surface area contributed by atoms with E-state index in [1.54, 1.807) is 26.4 Å². The van der Waals surface area contributed by atoms with E-state index in [1.807, 2.05) is 6.07 Å². The molecule has 10 heteroatoms. The molecule has 5 rings (SSSR count). The topological polar surface area (TPSA) is 175 Å². The maximum absolute atomic E-state index is 14.0. The van der Waals surface area contributed by atoms with Gasteiger partial charge in [0.25, 0.3) is 5.91 Å². The largest absolute Gasteiger partial charge is 0.508 e. The molecule has 1 saturated carbocycles. The highest BCUT2D eigenvalue weighted by Crippen LogP contribution is 2.53. The summed E-state index contributed by atoms with van der Waals surface area (Å²) in [6.07, 6.45) is 3.46. The first-order valence-corrected chi connectivity index (χ1v) is 13.7. The summed E-state index contributed by atoms with van der Waals surface area (Å²) in [5.41, 5.74) is 4.02. The van der Waals surface area contributed by atoms with Crippen LogP contribution in [0.15, 0.2) is 45.8 Å². The molecule has 0 saturated heterocycles. The lowest BCUT2D eigenvalue weighted by atomic mass is 9.57. The molecule has 0 bridgehead atoms. The van der Waals surface area contributed by atoms with Crippen molar-refractivity contribution in [2.24, 2.45) is 23.0 Å². The Morgan fingerprint density at radius 2 is 1.83 bits per heavy atom. The number of fused-ring (bicyclic) bond motifs is 3. The van der Waals surface area contributed by atoms with Crippen LogP contribution in [0.1, 0.15) is 50.3 Å². The SMILES string of the molecule is CN(C)[C@@H]1C(=O)C(C(N)=O)=C(O)[C@@]2(O)C(=O)C3=C(O)c4c(O)ccc(-c5occc5CCC(C)(C)C)c4C[C@H]3C[C@@H]12. The van der Waals surface area contributed by atoms with Crippen LogP contribution in [0.4, 0.5) is 0 Å². The predicted octanol–water partition coefficient (Wildman–Crippen LogP) is 3.20. The molecule has 3 aliphatic carbocycles. The number of benzene rings is 1. The first-order valence-electron chi connectivity index (χ1n) is 13.7. The van der Waals surface area contributed by atoms with E-state index in [0.717, 1.165) is 18.4 Å². The minimum absolute atomic E-state index is 0.0237. The molecule has 10 nitrogen and oxygen atoms in total. The minimum atomic E-state index is -2.67. The van der Waals surface area contributed by atoms with Crippen molar-refractivity contribution in [3.8, 4) is 17.1 Å². The average molecular weight is 565 g/mol. The van der Waals surface area contributed by atoms with Crippen molar-refractivity contribution in [3.05, 3.63) is 58.1 Å². The van der Waals surface area contributed by atoms with Crippen LogP contribution in [0.3, 0.4) is 0 Å². The first kappa shape index (κ1) is 28.6. The summed E-state index contributed by atoms with van der Waals surface area (Å²) in [7, 11) is 3.14. The molecule has 3 aliphatic rings. The van der Waals surface area contributed by atoms with Crippen molar-refractivity contribution < 1.29 is 39.2 Å². The van der Waals surface area contributed by atoms with Crippen molar-refractivity contribution in [2.75, 3.05) is 14.1 Å². The van der Waals surface area contributed by atoms with Crippen molar-refractivity contribution in [1.29, 1.82) is 0 Å². The van der Waals surface area contributed by atoms with Crippen LogP contribution >= 0.6 is 0 Å². The molecule has 2 aromatic rings. The third-order valence-electron chi connectivity index (χ3n) is 8.74. The lowest BCUT2D eigenvalue weighted by molar-refractivity contribution is -0.153. The number of hydrogen-bond acceptors (Lipinski definition) is 9. The number of hydrogen-bond donors (Lipinski definition) is 5. The molecule has 1 aromatic heterocycles. The van der Waals surface area contributed by atoms with Gasteiger partial charge in [-0.2, -0.15) is 0 Å². The van der Waals surface area contributed by atoms with Crippen LogP contribution in [0.2, 0.25) is 0 Å². The number of furan rings is 1. The Hall–Kier alpha value is -3.89. The summed E-state index contributed by atoms with van der Waals surface area (Å²) >= 11 is 0. The van der Waals surface area contributed by atoms with Crippen LogP contribution in [0.5, 0.6) is 5.75 Å². The number of aromatic hydroxyl groups is 1. The second kappa shape index (κ2) is 9.60. The fourth-order valence-electron chi connectivity index (χ4n) is 6.74. The number of rotatable bonds is 5. The molecule has 0 radical (unpaired) electrons. The molecule has 4 atom stereocenters. The van der Waals surface area contributed by atoms with Gasteiger partial charge in [-0.3, -0.25) is 19.3 Å². The Morgan fingerprint density at radius 3 is 2.44 bits per heavy atom. The summed E-state index contributed by atoms with van der Waals surface area (Å²) in [5, 5.41) is 45.1. The summed E-state index contributed by atoms with van der Waals surface area (Å²) in [4.78, 5) is 40.9. The highest BCUT2D eigenvalue weighted by molar-refractivity contribution is 6.24. The maximum Gasteiger partial charge on any atom is 0.255 e. The van der Waals surface area contributed by atoms with E-state index in [-0.39, 0.29) is 35.1 Å². The van der Waals surface area contributed by atoms with E-state index < -0.39 is 58.0 Å². The fourth-order valence-corrected chi connectivity index (χ4v) is 6.74. The van der Waals surface area contributed by atoms with Crippen LogP contribution in [0.25, 0.3) is 17.1 Å². The zero-order chi connectivity index (χ0) is 30.2. The third kappa shape index (κ3) is 4.28. The van der Waals surface area contributed by atoms with Gasteiger partial charge in [0.2, 0.25) is 5.78 Å². The number of nitrogens with two attached hydrogens (primary N) is 1. The number of amides is 1.